The van der Waals surface area contributed by atoms with E-state index in [1.807, 2.05) is 4.90 Å². The van der Waals surface area contributed by atoms with Gasteiger partial charge in [-0.05, 0) is 32.1 Å². The van der Waals surface area contributed by atoms with Crippen molar-refractivity contribution in [3.05, 3.63) is 0 Å². The minimum Gasteiger partial charge on any atom is -0.393 e. The number of aliphatic hydroxyl groups is 1. The summed E-state index contributed by atoms with van der Waals surface area (Å²) in [7, 11) is 0. The van der Waals surface area contributed by atoms with Crippen molar-refractivity contribution in [2.45, 2.75) is 39.2 Å². The number of rotatable bonds is 3. The van der Waals surface area contributed by atoms with Crippen LogP contribution in [0.25, 0.3) is 0 Å². The average molecular weight is 214 g/mol. The number of carbonyl (C=O) groups is 1. The third kappa shape index (κ3) is 4.51. The van der Waals surface area contributed by atoms with Crippen LogP contribution in [-0.4, -0.2) is 41.8 Å². The zero-order valence-electron chi connectivity index (χ0n) is 9.70. The van der Waals surface area contributed by atoms with Crippen LogP contribution >= 0.6 is 0 Å². The first-order chi connectivity index (χ1) is 7.09. The van der Waals surface area contributed by atoms with Gasteiger partial charge in [0.2, 0.25) is 0 Å². The van der Waals surface area contributed by atoms with E-state index >= 15 is 0 Å². The van der Waals surface area contributed by atoms with E-state index in [9.17, 15) is 4.79 Å². The largest absolute Gasteiger partial charge is 0.393 e. The fraction of sp³-hybridized carbons (Fsp3) is 0.909. The van der Waals surface area contributed by atoms with E-state index in [2.05, 4.69) is 12.2 Å². The monoisotopic (exact) mass is 214 g/mol. The maximum absolute atomic E-state index is 11.7. The van der Waals surface area contributed by atoms with Crippen LogP contribution in [0.4, 0.5) is 4.79 Å². The van der Waals surface area contributed by atoms with Gasteiger partial charge in [0, 0.05) is 19.6 Å². The summed E-state index contributed by atoms with van der Waals surface area (Å²) in [6.45, 7) is 6.19. The lowest BCUT2D eigenvalue weighted by molar-refractivity contribution is 0.162. The molecule has 15 heavy (non-hydrogen) atoms. The summed E-state index contributed by atoms with van der Waals surface area (Å²) in [4.78, 5) is 13.5. The molecule has 0 bridgehead atoms. The number of hydrogen-bond donors (Lipinski definition) is 2. The molecule has 2 atom stereocenters. The highest BCUT2D eigenvalue weighted by Crippen LogP contribution is 2.15. The number of piperidine rings is 1. The van der Waals surface area contributed by atoms with Gasteiger partial charge < -0.3 is 15.3 Å². The maximum atomic E-state index is 11.7. The summed E-state index contributed by atoms with van der Waals surface area (Å²) in [6, 6.07) is 0.0159. The molecule has 1 heterocycles. The number of amides is 2. The molecule has 1 aliphatic rings. The Bertz CT molecular complexity index is 207. The van der Waals surface area contributed by atoms with Gasteiger partial charge in [-0.15, -0.1) is 0 Å². The normalized spacial score (nSPS) is 23.7. The fourth-order valence-electron chi connectivity index (χ4n) is 1.87. The molecule has 88 valence electrons. The SMILES string of the molecule is CC(O)CCNC(=O)N1CCCC(C)C1. The minimum absolute atomic E-state index is 0.0159. The fourth-order valence-corrected chi connectivity index (χ4v) is 1.87. The zero-order valence-corrected chi connectivity index (χ0v) is 9.70. The lowest BCUT2D eigenvalue weighted by atomic mass is 10.0. The summed E-state index contributed by atoms with van der Waals surface area (Å²) in [6.07, 6.45) is 2.60. The van der Waals surface area contributed by atoms with Gasteiger partial charge in [0.15, 0.2) is 0 Å². The van der Waals surface area contributed by atoms with Crippen molar-refractivity contribution in [2.24, 2.45) is 5.92 Å². The Hall–Kier alpha value is -0.770. The van der Waals surface area contributed by atoms with Gasteiger partial charge in [0.05, 0.1) is 6.10 Å². The van der Waals surface area contributed by atoms with Gasteiger partial charge in [0.1, 0.15) is 0 Å². The van der Waals surface area contributed by atoms with E-state index in [1.165, 1.54) is 6.42 Å². The maximum Gasteiger partial charge on any atom is 0.317 e. The molecule has 1 aliphatic heterocycles. The summed E-state index contributed by atoms with van der Waals surface area (Å²) >= 11 is 0. The van der Waals surface area contributed by atoms with E-state index in [0.717, 1.165) is 19.5 Å². The predicted molar refractivity (Wildman–Crippen MR) is 59.7 cm³/mol. The first-order valence-corrected chi connectivity index (χ1v) is 5.80. The molecule has 1 fully saturated rings. The number of nitrogens with one attached hydrogen (secondary N) is 1. The lowest BCUT2D eigenvalue weighted by Crippen LogP contribution is -2.45. The van der Waals surface area contributed by atoms with Crippen molar-refractivity contribution < 1.29 is 9.90 Å². The third-order valence-electron chi connectivity index (χ3n) is 2.78. The van der Waals surface area contributed by atoms with Crippen LogP contribution in [0.1, 0.15) is 33.1 Å². The van der Waals surface area contributed by atoms with Crippen LogP contribution in [0.5, 0.6) is 0 Å². The van der Waals surface area contributed by atoms with Gasteiger partial charge in [-0.25, -0.2) is 4.79 Å². The molecule has 0 aliphatic carbocycles. The van der Waals surface area contributed by atoms with Gasteiger partial charge in [-0.2, -0.15) is 0 Å². The quantitative estimate of drug-likeness (QED) is 0.741. The zero-order chi connectivity index (χ0) is 11.3. The molecular formula is C11H22N2O2. The molecule has 0 aromatic heterocycles. The van der Waals surface area contributed by atoms with Gasteiger partial charge in [-0.1, -0.05) is 6.92 Å². The molecule has 0 aromatic carbocycles. The standard InChI is InChI=1S/C11H22N2O2/c1-9-4-3-7-13(8-9)11(15)12-6-5-10(2)14/h9-10,14H,3-8H2,1-2H3,(H,12,15). The molecule has 0 aromatic rings. The number of carbonyl (C=O) groups excluding carboxylic acids is 1. The smallest absolute Gasteiger partial charge is 0.317 e. The number of aliphatic hydroxyl groups excluding tert-OH is 1. The van der Waals surface area contributed by atoms with Crippen LogP contribution in [0.15, 0.2) is 0 Å². The summed E-state index contributed by atoms with van der Waals surface area (Å²) < 4.78 is 0. The van der Waals surface area contributed by atoms with Crippen molar-refractivity contribution in [2.75, 3.05) is 19.6 Å². The highest BCUT2D eigenvalue weighted by molar-refractivity contribution is 5.74. The Morgan fingerprint density at radius 2 is 2.40 bits per heavy atom. The van der Waals surface area contributed by atoms with E-state index in [0.29, 0.717) is 18.9 Å². The van der Waals surface area contributed by atoms with Crippen LogP contribution in [0.3, 0.4) is 0 Å². The first-order valence-electron chi connectivity index (χ1n) is 5.80. The molecule has 2 unspecified atom stereocenters. The second-order valence-electron chi connectivity index (χ2n) is 4.56. The van der Waals surface area contributed by atoms with Gasteiger partial charge in [0.25, 0.3) is 0 Å². The predicted octanol–water partition coefficient (Wildman–Crippen LogP) is 1.20. The van der Waals surface area contributed by atoms with Crippen LogP contribution < -0.4 is 5.32 Å². The lowest BCUT2D eigenvalue weighted by Gasteiger charge is -2.31. The second-order valence-corrected chi connectivity index (χ2v) is 4.56. The second kappa shape index (κ2) is 5.95. The van der Waals surface area contributed by atoms with Crippen LogP contribution in [0, 0.1) is 5.92 Å². The molecule has 4 heteroatoms. The molecule has 0 radical (unpaired) electrons. The Labute approximate surface area is 91.6 Å². The highest BCUT2D eigenvalue weighted by Gasteiger charge is 2.20. The van der Waals surface area contributed by atoms with Crippen molar-refractivity contribution in [3.63, 3.8) is 0 Å². The first kappa shape index (κ1) is 12.3. The molecule has 4 nitrogen and oxygen atoms in total. The summed E-state index contributed by atoms with van der Waals surface area (Å²) in [5.74, 6) is 0.612. The minimum atomic E-state index is -0.342. The van der Waals surface area contributed by atoms with Gasteiger partial charge in [-0.3, -0.25) is 0 Å². The highest BCUT2D eigenvalue weighted by atomic mass is 16.3. The molecule has 2 amide bonds. The molecule has 0 spiro atoms. The summed E-state index contributed by atoms with van der Waals surface area (Å²) in [5.41, 5.74) is 0. The van der Waals surface area contributed by atoms with Crippen molar-refractivity contribution in [1.29, 1.82) is 0 Å². The van der Waals surface area contributed by atoms with Crippen molar-refractivity contribution >= 4 is 6.03 Å². The van der Waals surface area contributed by atoms with Crippen molar-refractivity contribution in [1.82, 2.24) is 10.2 Å². The van der Waals surface area contributed by atoms with E-state index in [-0.39, 0.29) is 12.1 Å². The number of likely N-dealkylation sites (tertiary alicyclic amines) is 1. The Kier molecular flexibility index (Phi) is 4.88. The Morgan fingerprint density at radius 1 is 1.67 bits per heavy atom. The Morgan fingerprint density at radius 3 is 3.00 bits per heavy atom. The van der Waals surface area contributed by atoms with Crippen molar-refractivity contribution in [3.8, 4) is 0 Å². The van der Waals surface area contributed by atoms with Crippen LogP contribution in [-0.2, 0) is 0 Å². The van der Waals surface area contributed by atoms with E-state index in [1.54, 1.807) is 6.92 Å². The van der Waals surface area contributed by atoms with Crippen LogP contribution in [0.2, 0.25) is 0 Å². The molecule has 1 rings (SSSR count). The number of hydrogen-bond acceptors (Lipinski definition) is 2. The third-order valence-corrected chi connectivity index (χ3v) is 2.78. The molecule has 0 saturated carbocycles. The number of urea groups is 1. The summed E-state index contributed by atoms with van der Waals surface area (Å²) in [5, 5.41) is 11.9. The Balaban J connectivity index is 2.21. The average Bonchev–Trinajstić information content (AvgIpc) is 2.17. The molecule has 1 saturated heterocycles. The topological polar surface area (TPSA) is 52.6 Å². The van der Waals surface area contributed by atoms with E-state index < -0.39 is 0 Å². The molecular weight excluding hydrogens is 192 g/mol. The van der Waals surface area contributed by atoms with Gasteiger partial charge >= 0.3 is 6.03 Å². The van der Waals surface area contributed by atoms with E-state index in [4.69, 9.17) is 5.11 Å². The molecule has 2 N–H and O–H groups in total. The number of nitrogens with zero attached hydrogens (tertiary/aromatic N) is 1.